The van der Waals surface area contributed by atoms with Crippen molar-refractivity contribution in [2.45, 2.75) is 46.1 Å². The van der Waals surface area contributed by atoms with Crippen molar-refractivity contribution in [2.75, 3.05) is 7.11 Å². The van der Waals surface area contributed by atoms with Crippen molar-refractivity contribution in [3.63, 3.8) is 0 Å². The number of carbonyl (C=O) groups is 1. The molecule has 0 saturated carbocycles. The molecule has 0 atom stereocenters. The molecule has 1 aliphatic carbocycles. The Bertz CT molecular complexity index is 1460. The highest BCUT2D eigenvalue weighted by Gasteiger charge is 2.48. The van der Waals surface area contributed by atoms with Gasteiger partial charge in [-0.1, -0.05) is 37.6 Å². The van der Waals surface area contributed by atoms with E-state index in [1.54, 1.807) is 7.11 Å². The maximum atomic E-state index is 13.3. The summed E-state index contributed by atoms with van der Waals surface area (Å²) in [4.78, 5) is 20.0. The second-order valence-corrected chi connectivity index (χ2v) is 11.6. The summed E-state index contributed by atoms with van der Waals surface area (Å²) in [6.45, 7) is 8.06. The van der Waals surface area contributed by atoms with Crippen molar-refractivity contribution in [3.05, 3.63) is 57.6 Å². The molecule has 0 amide bonds. The summed E-state index contributed by atoms with van der Waals surface area (Å²) in [7, 11) is 1.62. The van der Waals surface area contributed by atoms with E-state index in [-0.39, 0.29) is 24.1 Å². The second kappa shape index (κ2) is 8.00. The molecule has 0 radical (unpaired) electrons. The van der Waals surface area contributed by atoms with Gasteiger partial charge >= 0.3 is 0 Å². The van der Waals surface area contributed by atoms with Crippen molar-refractivity contribution >= 4 is 38.9 Å². The van der Waals surface area contributed by atoms with Gasteiger partial charge in [-0.2, -0.15) is 0 Å². The van der Waals surface area contributed by atoms with E-state index in [2.05, 4.69) is 0 Å². The number of hydrogen-bond acceptors (Lipinski definition) is 6. The molecule has 6 nitrogen and oxygen atoms in total. The average Bonchev–Trinajstić information content (AvgIpc) is 3.33. The number of benzene rings is 1. The molecule has 0 unspecified atom stereocenters. The smallest absolute Gasteiger partial charge is 0.194 e. The molecule has 182 valence electrons. The van der Waals surface area contributed by atoms with Crippen LogP contribution in [0.15, 0.2) is 36.4 Å². The van der Waals surface area contributed by atoms with Crippen molar-refractivity contribution in [1.82, 2.24) is 9.55 Å². The van der Waals surface area contributed by atoms with Gasteiger partial charge in [-0.3, -0.25) is 9.36 Å². The summed E-state index contributed by atoms with van der Waals surface area (Å²) in [5.74, 6) is 0.789. The monoisotopic (exact) mass is 510 g/mol. The summed E-state index contributed by atoms with van der Waals surface area (Å²) in [6, 6.07) is 10.5. The number of ketones is 1. The van der Waals surface area contributed by atoms with Gasteiger partial charge in [0.25, 0.3) is 0 Å². The number of carbonyl (C=O) groups excluding carboxylic acids is 1. The van der Waals surface area contributed by atoms with Gasteiger partial charge in [0.1, 0.15) is 16.4 Å². The average molecular weight is 511 g/mol. The lowest BCUT2D eigenvalue weighted by molar-refractivity contribution is -0.132. The Morgan fingerprint density at radius 3 is 2.31 bits per heavy atom. The standard InChI is InChI=1S/C27H27ClN2O4S/c1-26(2)12-16-21-20(14-6-8-15(34-5)9-7-14)22(28)17(13-30-18(31)10-11-19(30)32)29-24(21)35-23(16)27(3,4)25(26)33/h6-11,31-32H,12-13H2,1-5H3. The molecule has 0 bridgehead atoms. The van der Waals surface area contributed by atoms with Gasteiger partial charge in [0.2, 0.25) is 0 Å². The van der Waals surface area contributed by atoms with E-state index < -0.39 is 10.8 Å². The van der Waals surface area contributed by atoms with Crippen LogP contribution in [-0.4, -0.2) is 32.7 Å². The molecular formula is C27H27ClN2O4S. The first-order valence-electron chi connectivity index (χ1n) is 11.4. The van der Waals surface area contributed by atoms with Crippen LogP contribution in [0.25, 0.3) is 21.3 Å². The fourth-order valence-electron chi connectivity index (χ4n) is 5.25. The second-order valence-electron chi connectivity index (χ2n) is 10.2. The number of halogens is 1. The van der Waals surface area contributed by atoms with E-state index in [4.69, 9.17) is 21.3 Å². The largest absolute Gasteiger partial charge is 0.497 e. The Kier molecular flexibility index (Phi) is 5.42. The van der Waals surface area contributed by atoms with Gasteiger partial charge < -0.3 is 14.9 Å². The van der Waals surface area contributed by atoms with E-state index in [1.807, 2.05) is 52.0 Å². The summed E-state index contributed by atoms with van der Waals surface area (Å²) in [5.41, 5.74) is 2.20. The normalized spacial score (nSPS) is 16.5. The van der Waals surface area contributed by atoms with Gasteiger partial charge in [0.05, 0.1) is 29.8 Å². The van der Waals surface area contributed by atoms with Crippen LogP contribution in [0.3, 0.4) is 0 Å². The summed E-state index contributed by atoms with van der Waals surface area (Å²) < 4.78 is 6.69. The van der Waals surface area contributed by atoms with E-state index >= 15 is 0 Å². The minimum Gasteiger partial charge on any atom is -0.497 e. The first kappa shape index (κ1) is 23.7. The van der Waals surface area contributed by atoms with E-state index in [9.17, 15) is 15.0 Å². The SMILES string of the molecule is COc1ccc(-c2c(Cl)c(Cn3c(O)ccc3O)nc3sc4c(c23)CC(C)(C)C(=O)C4(C)C)cc1. The Labute approximate surface area is 212 Å². The van der Waals surface area contributed by atoms with Gasteiger partial charge in [-0.05, 0) is 43.5 Å². The van der Waals surface area contributed by atoms with Crippen LogP contribution in [0.4, 0.5) is 0 Å². The number of hydrogen-bond donors (Lipinski definition) is 2. The van der Waals surface area contributed by atoms with Crippen molar-refractivity contribution in [3.8, 4) is 28.6 Å². The fraction of sp³-hybridized carbons (Fsp3) is 0.333. The first-order valence-corrected chi connectivity index (χ1v) is 12.6. The fourth-order valence-corrected chi connectivity index (χ4v) is 6.88. The number of ether oxygens (including phenoxy) is 1. The predicted molar refractivity (Wildman–Crippen MR) is 139 cm³/mol. The minimum absolute atomic E-state index is 0.0783. The molecule has 0 saturated heterocycles. The Balaban J connectivity index is 1.83. The highest BCUT2D eigenvalue weighted by Crippen LogP contribution is 2.52. The summed E-state index contributed by atoms with van der Waals surface area (Å²) >= 11 is 8.58. The van der Waals surface area contributed by atoms with Crippen molar-refractivity contribution < 1.29 is 19.7 Å². The van der Waals surface area contributed by atoms with E-state index in [1.165, 1.54) is 28.0 Å². The number of thiophene rings is 1. The lowest BCUT2D eigenvalue weighted by Gasteiger charge is -2.38. The Morgan fingerprint density at radius 2 is 1.71 bits per heavy atom. The molecule has 3 aromatic heterocycles. The third-order valence-electron chi connectivity index (χ3n) is 6.94. The van der Waals surface area contributed by atoms with Crippen LogP contribution in [0.1, 0.15) is 43.8 Å². The third-order valence-corrected chi connectivity index (χ3v) is 8.79. The highest BCUT2D eigenvalue weighted by molar-refractivity contribution is 7.19. The molecule has 8 heteroatoms. The Hall–Kier alpha value is -3.03. The van der Waals surface area contributed by atoms with Crippen molar-refractivity contribution in [2.24, 2.45) is 5.41 Å². The minimum atomic E-state index is -0.650. The molecule has 1 aliphatic rings. The summed E-state index contributed by atoms with van der Waals surface area (Å²) in [6.07, 6.45) is 0.601. The number of aromatic nitrogens is 2. The van der Waals surface area contributed by atoms with Gasteiger partial charge in [0.15, 0.2) is 11.8 Å². The van der Waals surface area contributed by atoms with Gasteiger partial charge in [-0.15, -0.1) is 11.3 Å². The van der Waals surface area contributed by atoms with Gasteiger partial charge in [0, 0.05) is 33.4 Å². The number of aromatic hydroxyl groups is 2. The maximum Gasteiger partial charge on any atom is 0.194 e. The lowest BCUT2D eigenvalue weighted by Crippen LogP contribution is -2.45. The Morgan fingerprint density at radius 1 is 1.09 bits per heavy atom. The van der Waals surface area contributed by atoms with Crippen LogP contribution >= 0.6 is 22.9 Å². The molecule has 0 spiro atoms. The number of fused-ring (bicyclic) bond motifs is 3. The van der Waals surface area contributed by atoms with Gasteiger partial charge in [-0.25, -0.2) is 4.98 Å². The first-order chi connectivity index (χ1) is 16.5. The number of rotatable bonds is 4. The topological polar surface area (TPSA) is 84.6 Å². The maximum absolute atomic E-state index is 13.3. The highest BCUT2D eigenvalue weighted by atomic mass is 35.5. The number of methoxy groups -OCH3 is 1. The third kappa shape index (κ3) is 3.60. The molecule has 0 fully saturated rings. The molecule has 1 aromatic carbocycles. The van der Waals surface area contributed by atoms with Crippen LogP contribution in [-0.2, 0) is 23.2 Å². The summed E-state index contributed by atoms with van der Waals surface area (Å²) in [5, 5.41) is 21.8. The number of pyridine rings is 1. The quantitative estimate of drug-likeness (QED) is 0.336. The van der Waals surface area contributed by atoms with Crippen LogP contribution in [0, 0.1) is 5.41 Å². The molecule has 4 aromatic rings. The molecular weight excluding hydrogens is 484 g/mol. The van der Waals surface area contributed by atoms with E-state index in [0.717, 1.165) is 37.5 Å². The molecule has 35 heavy (non-hydrogen) atoms. The predicted octanol–water partition coefficient (Wildman–Crippen LogP) is 6.32. The number of Topliss-reactive ketones (excluding diaryl/α,β-unsaturated/α-hetero) is 1. The van der Waals surface area contributed by atoms with Crippen molar-refractivity contribution in [1.29, 1.82) is 0 Å². The molecule has 3 heterocycles. The lowest BCUT2D eigenvalue weighted by atomic mass is 9.64. The molecule has 2 N–H and O–H groups in total. The van der Waals surface area contributed by atoms with Crippen LogP contribution in [0.5, 0.6) is 17.5 Å². The number of nitrogens with zero attached hydrogens (tertiary/aromatic N) is 2. The van der Waals surface area contributed by atoms with Crippen LogP contribution in [0.2, 0.25) is 5.02 Å². The zero-order valence-electron chi connectivity index (χ0n) is 20.3. The molecule has 0 aliphatic heterocycles. The van der Waals surface area contributed by atoms with E-state index in [0.29, 0.717) is 17.1 Å². The molecule has 5 rings (SSSR count). The zero-order chi connectivity index (χ0) is 25.3. The zero-order valence-corrected chi connectivity index (χ0v) is 21.8. The van der Waals surface area contributed by atoms with Crippen LogP contribution < -0.4 is 4.74 Å².